The molecule has 208 valence electrons. The van der Waals surface area contributed by atoms with Crippen molar-refractivity contribution in [2.24, 2.45) is 39.2 Å². The maximum Gasteiger partial charge on any atom is 0.328 e. The Kier molecular flexibility index (Phi) is 8.95. The molecule has 0 aromatic heterocycles. The summed E-state index contributed by atoms with van der Waals surface area (Å²) in [5.41, 5.74) is 3.22. The predicted molar refractivity (Wildman–Crippen MR) is 143 cm³/mol. The fourth-order valence-electron chi connectivity index (χ4n) is 7.85. The number of nitrogens with zero attached hydrogens (tertiary/aromatic N) is 2. The van der Waals surface area contributed by atoms with Gasteiger partial charge in [0, 0.05) is 24.1 Å². The lowest BCUT2D eigenvalue weighted by molar-refractivity contribution is -0.134. The Morgan fingerprint density at radius 1 is 1.05 bits per heavy atom. The second kappa shape index (κ2) is 11.3. The Bertz CT molecular complexity index is 938. The van der Waals surface area contributed by atoms with Gasteiger partial charge >= 0.3 is 11.9 Å². The third-order valence-electron chi connectivity index (χ3n) is 9.86. The van der Waals surface area contributed by atoms with Crippen LogP contribution in [0.4, 0.5) is 0 Å². The minimum Gasteiger partial charge on any atom is -0.478 e. The van der Waals surface area contributed by atoms with Gasteiger partial charge in [-0.05, 0) is 87.6 Å². The van der Waals surface area contributed by atoms with E-state index in [1.54, 1.807) is 5.57 Å². The van der Waals surface area contributed by atoms with Crippen LogP contribution in [0.25, 0.3) is 0 Å². The normalized spacial score (nSPS) is 37.2. The molecular formula is C29H46N2O6. The van der Waals surface area contributed by atoms with E-state index in [2.05, 4.69) is 57.9 Å². The molecular weight excluding hydrogens is 472 g/mol. The second-order valence-electron chi connectivity index (χ2n) is 12.6. The SMILES string of the molecule is CN(C)CCO/N=C1\CC[C@@]2(C)C(=CC[C@H]3[C@@H]4CC[C@H](O)[C@@]4(C)CC[C@@H]32)C1(C)C.O=C(O)/C=C/C(=O)O. The van der Waals surface area contributed by atoms with Crippen LogP contribution in [-0.4, -0.2) is 71.2 Å². The van der Waals surface area contributed by atoms with Crippen LogP contribution in [0.1, 0.15) is 72.6 Å². The summed E-state index contributed by atoms with van der Waals surface area (Å²) in [5, 5.41) is 30.9. The third kappa shape index (κ3) is 5.95. The van der Waals surface area contributed by atoms with Crippen molar-refractivity contribution < 1.29 is 29.7 Å². The minimum atomic E-state index is -1.26. The van der Waals surface area contributed by atoms with Gasteiger partial charge in [0.2, 0.25) is 0 Å². The van der Waals surface area contributed by atoms with Crippen LogP contribution in [0, 0.1) is 34.0 Å². The molecule has 4 aliphatic carbocycles. The van der Waals surface area contributed by atoms with Crippen molar-refractivity contribution in [2.75, 3.05) is 27.2 Å². The summed E-state index contributed by atoms with van der Waals surface area (Å²) in [6.07, 6.45) is 11.7. The highest BCUT2D eigenvalue weighted by atomic mass is 16.6. The number of hydrogen-bond acceptors (Lipinski definition) is 6. The van der Waals surface area contributed by atoms with Crippen LogP contribution in [0.3, 0.4) is 0 Å². The quantitative estimate of drug-likeness (QED) is 0.204. The lowest BCUT2D eigenvalue weighted by Gasteiger charge is -2.60. The van der Waals surface area contributed by atoms with Gasteiger partial charge < -0.3 is 25.1 Å². The second-order valence-corrected chi connectivity index (χ2v) is 12.6. The number of carbonyl (C=O) groups is 2. The molecule has 6 atom stereocenters. The van der Waals surface area contributed by atoms with E-state index >= 15 is 0 Å². The molecule has 0 radical (unpaired) electrons. The zero-order valence-electron chi connectivity index (χ0n) is 23.4. The summed E-state index contributed by atoms with van der Waals surface area (Å²) in [6, 6.07) is 0. The van der Waals surface area contributed by atoms with E-state index < -0.39 is 11.9 Å². The number of allylic oxidation sites excluding steroid dienone is 2. The molecule has 0 spiro atoms. The molecule has 8 nitrogen and oxygen atoms in total. The summed E-state index contributed by atoms with van der Waals surface area (Å²) >= 11 is 0. The number of carboxylic acid groups (broad SMARTS) is 2. The molecule has 0 aromatic carbocycles. The number of aliphatic hydroxyl groups excluding tert-OH is 1. The number of oxime groups is 1. The Morgan fingerprint density at radius 2 is 1.70 bits per heavy atom. The first-order valence-corrected chi connectivity index (χ1v) is 13.6. The van der Waals surface area contributed by atoms with E-state index in [0.29, 0.717) is 24.7 Å². The molecule has 4 rings (SSSR count). The first-order valence-electron chi connectivity index (χ1n) is 13.6. The van der Waals surface area contributed by atoms with Crippen molar-refractivity contribution in [1.82, 2.24) is 4.90 Å². The van der Waals surface area contributed by atoms with E-state index in [-0.39, 0.29) is 22.3 Å². The Balaban J connectivity index is 0.000000414. The van der Waals surface area contributed by atoms with Crippen molar-refractivity contribution in [2.45, 2.75) is 78.7 Å². The first-order chi connectivity index (χ1) is 17.2. The zero-order chi connectivity index (χ0) is 27.6. The largest absolute Gasteiger partial charge is 0.478 e. The van der Waals surface area contributed by atoms with Gasteiger partial charge in [-0.1, -0.05) is 44.5 Å². The molecule has 3 N–H and O–H groups in total. The topological polar surface area (TPSA) is 120 Å². The van der Waals surface area contributed by atoms with Crippen molar-refractivity contribution in [1.29, 1.82) is 0 Å². The molecule has 4 aliphatic rings. The Hall–Kier alpha value is -2.19. The lowest BCUT2D eigenvalue weighted by atomic mass is 9.45. The van der Waals surface area contributed by atoms with Gasteiger partial charge in [-0.2, -0.15) is 0 Å². The smallest absolute Gasteiger partial charge is 0.328 e. The number of aliphatic carboxylic acids is 2. The highest BCUT2D eigenvalue weighted by Gasteiger charge is 2.60. The van der Waals surface area contributed by atoms with E-state index in [4.69, 9.17) is 15.1 Å². The zero-order valence-corrected chi connectivity index (χ0v) is 23.4. The fraction of sp³-hybridized carbons (Fsp3) is 0.759. The molecule has 0 saturated heterocycles. The minimum absolute atomic E-state index is 0.0218. The van der Waals surface area contributed by atoms with E-state index in [1.807, 2.05) is 0 Å². The van der Waals surface area contributed by atoms with Gasteiger partial charge in [0.05, 0.1) is 11.8 Å². The van der Waals surface area contributed by atoms with E-state index in [0.717, 1.165) is 31.2 Å². The predicted octanol–water partition coefficient (Wildman–Crippen LogP) is 4.59. The van der Waals surface area contributed by atoms with Crippen LogP contribution in [-0.2, 0) is 14.4 Å². The fourth-order valence-corrected chi connectivity index (χ4v) is 7.85. The van der Waals surface area contributed by atoms with Crippen LogP contribution < -0.4 is 0 Å². The van der Waals surface area contributed by atoms with Gasteiger partial charge in [0.1, 0.15) is 6.61 Å². The van der Waals surface area contributed by atoms with Crippen LogP contribution in [0.5, 0.6) is 0 Å². The summed E-state index contributed by atoms with van der Waals surface area (Å²) in [6.45, 7) is 11.2. The highest BCUT2D eigenvalue weighted by molar-refractivity contribution is 5.93. The first kappa shape index (κ1) is 29.4. The summed E-state index contributed by atoms with van der Waals surface area (Å²) < 4.78 is 0. The number of carboxylic acids is 2. The molecule has 0 aliphatic heterocycles. The Labute approximate surface area is 221 Å². The molecule has 37 heavy (non-hydrogen) atoms. The van der Waals surface area contributed by atoms with E-state index in [1.165, 1.54) is 37.8 Å². The van der Waals surface area contributed by atoms with Gasteiger partial charge in [-0.3, -0.25) is 0 Å². The number of likely N-dealkylation sites (N-methyl/N-ethyl adjacent to an activating group) is 1. The number of aliphatic hydroxyl groups is 1. The molecule has 8 heteroatoms. The van der Waals surface area contributed by atoms with Crippen LogP contribution >= 0.6 is 0 Å². The molecule has 0 unspecified atom stereocenters. The van der Waals surface area contributed by atoms with Crippen molar-refractivity contribution in [3.05, 3.63) is 23.8 Å². The highest BCUT2D eigenvalue weighted by Crippen LogP contribution is 2.66. The number of rotatable bonds is 6. The standard InChI is InChI=1S/C25H42N2O2.C4H4O4/c1-23(2)20-9-7-17-18-8-10-22(28)25(18,4)13-11-19(17)24(20,3)14-12-21(23)26-29-16-15-27(5)6;5-3(6)1-2-4(7)8/h9,17-19,22,28H,7-8,10-16H2,1-6H3;1-2H,(H,5,6)(H,7,8)/b26-21+;2-1+/t17-,18-,19-,22-,24+,25-;/m0./s1. The molecule has 0 aromatic rings. The average molecular weight is 519 g/mol. The maximum atomic E-state index is 10.7. The summed E-state index contributed by atoms with van der Waals surface area (Å²) in [5.74, 6) is -0.329. The van der Waals surface area contributed by atoms with Gasteiger partial charge in [0.15, 0.2) is 0 Å². The van der Waals surface area contributed by atoms with Crippen molar-refractivity contribution in [3.63, 3.8) is 0 Å². The summed E-state index contributed by atoms with van der Waals surface area (Å²) in [4.78, 5) is 26.9. The van der Waals surface area contributed by atoms with Crippen LogP contribution in [0.15, 0.2) is 29.0 Å². The average Bonchev–Trinajstić information content (AvgIpc) is 3.11. The molecule has 3 fully saturated rings. The number of fused-ring (bicyclic) bond motifs is 5. The monoisotopic (exact) mass is 518 g/mol. The lowest BCUT2D eigenvalue weighted by Crippen LogP contribution is -2.54. The third-order valence-corrected chi connectivity index (χ3v) is 9.86. The molecule has 3 saturated carbocycles. The van der Waals surface area contributed by atoms with Crippen molar-refractivity contribution >= 4 is 17.7 Å². The van der Waals surface area contributed by atoms with Gasteiger partial charge in [-0.25, -0.2) is 9.59 Å². The van der Waals surface area contributed by atoms with E-state index in [9.17, 15) is 14.7 Å². The van der Waals surface area contributed by atoms with Gasteiger partial charge in [0.25, 0.3) is 0 Å². The molecule has 0 heterocycles. The van der Waals surface area contributed by atoms with Crippen LogP contribution in [0.2, 0.25) is 0 Å². The van der Waals surface area contributed by atoms with Crippen molar-refractivity contribution in [3.8, 4) is 0 Å². The molecule has 0 amide bonds. The number of hydrogen-bond donors (Lipinski definition) is 3. The molecule has 0 bridgehead atoms. The van der Waals surface area contributed by atoms with Gasteiger partial charge in [-0.15, -0.1) is 0 Å². The Morgan fingerprint density at radius 3 is 2.30 bits per heavy atom. The maximum absolute atomic E-state index is 10.7. The summed E-state index contributed by atoms with van der Waals surface area (Å²) in [7, 11) is 4.13.